The molecule has 1 aliphatic heterocycles. The predicted molar refractivity (Wildman–Crippen MR) is 109 cm³/mol. The Morgan fingerprint density at radius 1 is 1.11 bits per heavy atom. The summed E-state index contributed by atoms with van der Waals surface area (Å²) in [6.07, 6.45) is 7.22. The van der Waals surface area contributed by atoms with Crippen molar-refractivity contribution in [2.24, 2.45) is 4.99 Å². The van der Waals surface area contributed by atoms with Gasteiger partial charge in [0.15, 0.2) is 5.69 Å². The first-order valence-corrected chi connectivity index (χ1v) is 8.68. The molecule has 27 heavy (non-hydrogen) atoms. The summed E-state index contributed by atoms with van der Waals surface area (Å²) in [6, 6.07) is 15.3. The molecule has 0 saturated heterocycles. The van der Waals surface area contributed by atoms with Crippen LogP contribution in [-0.2, 0) is 0 Å². The molecule has 3 aromatic rings. The number of aliphatic imine (C=N–C) groups is 1. The van der Waals surface area contributed by atoms with Crippen LogP contribution in [0.3, 0.4) is 0 Å². The quantitative estimate of drug-likeness (QED) is 0.629. The minimum Gasteiger partial charge on any atom is -0.317 e. The monoisotopic (exact) mass is 371 g/mol. The Bertz CT molecular complexity index is 1160. The molecule has 2 aromatic carbocycles. The average Bonchev–Trinajstić information content (AvgIpc) is 2.91. The topological polar surface area (TPSA) is 65.2 Å². The first kappa shape index (κ1) is 17.0. The van der Waals surface area contributed by atoms with Crippen molar-refractivity contribution < 1.29 is 0 Å². The van der Waals surface area contributed by atoms with Gasteiger partial charge in [-0.2, -0.15) is 5.26 Å². The molecule has 0 fully saturated rings. The van der Waals surface area contributed by atoms with Gasteiger partial charge < -0.3 is 4.90 Å². The Hall–Kier alpha value is -3.49. The van der Waals surface area contributed by atoms with Crippen LogP contribution in [0.15, 0.2) is 71.6 Å². The van der Waals surface area contributed by atoms with Gasteiger partial charge in [0, 0.05) is 34.9 Å². The second-order valence-electron chi connectivity index (χ2n) is 5.97. The van der Waals surface area contributed by atoms with Gasteiger partial charge in [0.2, 0.25) is 0 Å². The van der Waals surface area contributed by atoms with Gasteiger partial charge in [-0.1, -0.05) is 41.9 Å². The number of nitriles is 1. The molecule has 6 heteroatoms. The van der Waals surface area contributed by atoms with E-state index >= 15 is 0 Å². The average molecular weight is 372 g/mol. The summed E-state index contributed by atoms with van der Waals surface area (Å²) in [5, 5.41) is 10.1. The zero-order valence-corrected chi connectivity index (χ0v) is 15.2. The number of anilines is 1. The molecule has 2 heterocycles. The van der Waals surface area contributed by atoms with E-state index in [1.807, 2.05) is 60.5 Å². The van der Waals surface area contributed by atoms with E-state index in [0.29, 0.717) is 21.7 Å². The van der Waals surface area contributed by atoms with Crippen LogP contribution in [0, 0.1) is 11.3 Å². The summed E-state index contributed by atoms with van der Waals surface area (Å²) in [5.41, 5.74) is 4.58. The van der Waals surface area contributed by atoms with Crippen molar-refractivity contribution in [3.63, 3.8) is 0 Å². The van der Waals surface area contributed by atoms with Gasteiger partial charge in [-0.05, 0) is 25.1 Å². The van der Waals surface area contributed by atoms with E-state index in [1.54, 1.807) is 18.5 Å². The molecule has 0 atom stereocenters. The number of fused-ring (bicyclic) bond motifs is 1. The number of rotatable bonds is 2. The third-order valence-electron chi connectivity index (χ3n) is 4.18. The molecular formula is C21H14ClN5. The summed E-state index contributed by atoms with van der Waals surface area (Å²) in [4.78, 5) is 15.5. The predicted octanol–water partition coefficient (Wildman–Crippen LogP) is 5.09. The third-order valence-corrected chi connectivity index (χ3v) is 4.39. The highest BCUT2D eigenvalue weighted by molar-refractivity contribution is 6.31. The number of allylic oxidation sites excluding steroid dienone is 2. The van der Waals surface area contributed by atoms with Crippen LogP contribution < -0.4 is 4.90 Å². The molecule has 0 spiro atoms. The molecule has 5 nitrogen and oxygen atoms in total. The minimum absolute atomic E-state index is 0.268. The second kappa shape index (κ2) is 7.02. The van der Waals surface area contributed by atoms with Crippen LogP contribution >= 0.6 is 11.6 Å². The van der Waals surface area contributed by atoms with Crippen molar-refractivity contribution >= 4 is 34.5 Å². The van der Waals surface area contributed by atoms with Crippen LogP contribution in [0.1, 0.15) is 12.6 Å². The smallest absolute Gasteiger partial charge is 0.167 e. The SMILES string of the molecule is CC1=CN=CC=CN1c1cc(Cl)cc2nc(C#N)c(-c3ccccc3)nc12. The summed E-state index contributed by atoms with van der Waals surface area (Å²) in [7, 11) is 0. The second-order valence-corrected chi connectivity index (χ2v) is 6.41. The molecule has 0 aliphatic carbocycles. The maximum absolute atomic E-state index is 9.57. The fourth-order valence-corrected chi connectivity index (χ4v) is 3.15. The van der Waals surface area contributed by atoms with Crippen molar-refractivity contribution in [1.29, 1.82) is 5.26 Å². The van der Waals surface area contributed by atoms with Crippen LogP contribution in [-0.4, -0.2) is 16.2 Å². The van der Waals surface area contributed by atoms with Gasteiger partial charge in [-0.3, -0.25) is 4.99 Å². The highest BCUT2D eigenvalue weighted by Crippen LogP contribution is 2.34. The first-order chi connectivity index (χ1) is 13.2. The van der Waals surface area contributed by atoms with Gasteiger partial charge in [0.25, 0.3) is 0 Å². The molecule has 0 saturated carbocycles. The van der Waals surface area contributed by atoms with Crippen molar-refractivity contribution in [2.75, 3.05) is 4.90 Å². The van der Waals surface area contributed by atoms with Crippen molar-refractivity contribution in [2.45, 2.75) is 6.92 Å². The van der Waals surface area contributed by atoms with E-state index in [9.17, 15) is 5.26 Å². The van der Waals surface area contributed by atoms with Crippen LogP contribution in [0.2, 0.25) is 5.02 Å². The fraction of sp³-hybridized carbons (Fsp3) is 0.0476. The number of hydrogen-bond donors (Lipinski definition) is 0. The van der Waals surface area contributed by atoms with Crippen LogP contribution in [0.4, 0.5) is 5.69 Å². The van der Waals surface area contributed by atoms with Crippen LogP contribution in [0.5, 0.6) is 0 Å². The Balaban J connectivity index is 2.02. The summed E-state index contributed by atoms with van der Waals surface area (Å²) in [5.74, 6) is 0. The molecule has 0 N–H and O–H groups in total. The molecule has 1 aromatic heterocycles. The van der Waals surface area contributed by atoms with Gasteiger partial charge >= 0.3 is 0 Å². The molecular weight excluding hydrogens is 358 g/mol. The van der Waals surface area contributed by atoms with Gasteiger partial charge in [-0.15, -0.1) is 0 Å². The van der Waals surface area contributed by atoms with E-state index in [1.165, 1.54) is 0 Å². The highest BCUT2D eigenvalue weighted by atomic mass is 35.5. The fourth-order valence-electron chi connectivity index (χ4n) is 2.94. The third kappa shape index (κ3) is 3.19. The normalized spacial score (nSPS) is 13.4. The van der Waals surface area contributed by atoms with Crippen molar-refractivity contribution in [3.8, 4) is 17.3 Å². The van der Waals surface area contributed by atoms with Gasteiger partial charge in [0.1, 0.15) is 17.3 Å². The molecule has 0 radical (unpaired) electrons. The maximum Gasteiger partial charge on any atom is 0.167 e. The largest absolute Gasteiger partial charge is 0.317 e. The first-order valence-electron chi connectivity index (χ1n) is 8.30. The maximum atomic E-state index is 9.57. The Labute approximate surface area is 161 Å². The molecule has 130 valence electrons. The minimum atomic E-state index is 0.268. The lowest BCUT2D eigenvalue weighted by atomic mass is 10.1. The lowest BCUT2D eigenvalue weighted by Crippen LogP contribution is -2.14. The Morgan fingerprint density at radius 2 is 1.93 bits per heavy atom. The molecule has 0 bridgehead atoms. The number of benzene rings is 2. The lowest BCUT2D eigenvalue weighted by Gasteiger charge is -2.22. The molecule has 0 unspecified atom stereocenters. The molecule has 4 rings (SSSR count). The van der Waals surface area contributed by atoms with Gasteiger partial charge in [-0.25, -0.2) is 9.97 Å². The van der Waals surface area contributed by atoms with Crippen molar-refractivity contribution in [3.05, 3.63) is 77.4 Å². The summed E-state index contributed by atoms with van der Waals surface area (Å²) < 4.78 is 0. The molecule has 1 aliphatic rings. The molecule has 0 amide bonds. The number of hydrogen-bond acceptors (Lipinski definition) is 5. The van der Waals surface area contributed by atoms with E-state index < -0.39 is 0 Å². The zero-order valence-electron chi connectivity index (χ0n) is 14.5. The highest BCUT2D eigenvalue weighted by Gasteiger charge is 2.18. The zero-order chi connectivity index (χ0) is 18.8. The van der Waals surface area contributed by atoms with E-state index in [2.05, 4.69) is 16.0 Å². The van der Waals surface area contributed by atoms with E-state index in [-0.39, 0.29) is 5.69 Å². The summed E-state index contributed by atoms with van der Waals surface area (Å²) in [6.45, 7) is 1.95. The van der Waals surface area contributed by atoms with Gasteiger partial charge in [0.05, 0.1) is 11.2 Å². The van der Waals surface area contributed by atoms with E-state index in [4.69, 9.17) is 16.6 Å². The standard InChI is InChI=1S/C21H14ClN5/c1-14-13-24-8-5-9-27(14)19-11-16(22)10-17-21(19)26-20(18(12-23)25-17)15-6-3-2-4-7-15/h2-11,13H,1H3. The van der Waals surface area contributed by atoms with E-state index in [0.717, 1.165) is 16.9 Å². The Kier molecular flexibility index (Phi) is 4.41. The summed E-state index contributed by atoms with van der Waals surface area (Å²) >= 11 is 6.33. The van der Waals surface area contributed by atoms with Crippen LogP contribution in [0.25, 0.3) is 22.3 Å². The Morgan fingerprint density at radius 3 is 2.70 bits per heavy atom. The van der Waals surface area contributed by atoms with Crippen molar-refractivity contribution in [1.82, 2.24) is 9.97 Å². The lowest BCUT2D eigenvalue weighted by molar-refractivity contribution is 1.14. The number of halogens is 1. The number of aromatic nitrogens is 2. The number of nitrogens with zero attached hydrogens (tertiary/aromatic N) is 5.